The second-order valence-corrected chi connectivity index (χ2v) is 7.11. The molecular weight excluding hydrogens is 303 g/mol. The molecule has 0 saturated carbocycles. The van der Waals surface area contributed by atoms with Gasteiger partial charge in [0.25, 0.3) is 0 Å². The summed E-state index contributed by atoms with van der Waals surface area (Å²) in [5.41, 5.74) is 0.202. The number of sulfonamides is 1. The number of benzene rings is 1. The molecule has 20 heavy (non-hydrogen) atoms. The third kappa shape index (κ3) is 6.54. The van der Waals surface area contributed by atoms with Gasteiger partial charge in [0, 0.05) is 6.04 Å². The lowest BCUT2D eigenvalue weighted by molar-refractivity contribution is 0.561. The van der Waals surface area contributed by atoms with Crippen LogP contribution in [0.2, 0.25) is 5.02 Å². The molecule has 0 unspecified atom stereocenters. The molecule has 0 aliphatic carbocycles. The highest BCUT2D eigenvalue weighted by Crippen LogP contribution is 2.23. The lowest BCUT2D eigenvalue weighted by Gasteiger charge is -2.10. The zero-order valence-electron chi connectivity index (χ0n) is 11.6. The van der Waals surface area contributed by atoms with Crippen LogP contribution in [-0.4, -0.2) is 26.8 Å². The molecule has 2 N–H and O–H groups in total. The molecule has 1 aromatic carbocycles. The van der Waals surface area contributed by atoms with Gasteiger partial charge >= 0.3 is 0 Å². The van der Waals surface area contributed by atoms with Crippen molar-refractivity contribution >= 4 is 27.3 Å². The summed E-state index contributed by atoms with van der Waals surface area (Å²) in [7, 11) is -3.46. The summed E-state index contributed by atoms with van der Waals surface area (Å²) in [6.45, 7) is 4.86. The van der Waals surface area contributed by atoms with Crippen molar-refractivity contribution in [2.24, 2.45) is 0 Å². The van der Waals surface area contributed by atoms with E-state index < -0.39 is 15.8 Å². The van der Waals surface area contributed by atoms with E-state index in [0.29, 0.717) is 12.5 Å². The van der Waals surface area contributed by atoms with Gasteiger partial charge in [0.2, 0.25) is 10.0 Å². The van der Waals surface area contributed by atoms with Crippen molar-refractivity contribution in [3.63, 3.8) is 0 Å². The number of anilines is 1. The molecule has 0 aliphatic heterocycles. The first-order valence-electron chi connectivity index (χ1n) is 6.49. The van der Waals surface area contributed by atoms with Crippen LogP contribution in [0.5, 0.6) is 0 Å². The van der Waals surface area contributed by atoms with Crippen molar-refractivity contribution in [3.05, 3.63) is 29.0 Å². The molecule has 0 radical (unpaired) electrons. The number of nitrogens with one attached hydrogen (secondary N) is 2. The van der Waals surface area contributed by atoms with Crippen LogP contribution >= 0.6 is 11.6 Å². The van der Waals surface area contributed by atoms with Crippen LogP contribution in [0.1, 0.15) is 26.7 Å². The molecule has 7 heteroatoms. The standard InChI is InChI=1S/C13H20ClFN2O2S/c1-10(2)16-7-3-4-8-20(18,19)17-13-6-5-11(15)9-12(13)14/h5-6,9-10,16-17H,3-4,7-8H2,1-2H3. The molecule has 0 bridgehead atoms. The van der Waals surface area contributed by atoms with Crippen LogP contribution in [-0.2, 0) is 10.0 Å². The highest BCUT2D eigenvalue weighted by atomic mass is 35.5. The average molecular weight is 323 g/mol. The van der Waals surface area contributed by atoms with E-state index in [-0.39, 0.29) is 16.5 Å². The van der Waals surface area contributed by atoms with Crippen molar-refractivity contribution in [1.82, 2.24) is 5.32 Å². The summed E-state index contributed by atoms with van der Waals surface area (Å²) >= 11 is 5.78. The number of hydrogen-bond acceptors (Lipinski definition) is 3. The first kappa shape index (κ1) is 17.2. The van der Waals surface area contributed by atoms with Crippen molar-refractivity contribution in [2.75, 3.05) is 17.0 Å². The number of rotatable bonds is 8. The molecular formula is C13H20ClFN2O2S. The molecule has 1 rings (SSSR count). The Kier molecular flexibility index (Phi) is 6.71. The second kappa shape index (κ2) is 7.81. The molecule has 4 nitrogen and oxygen atoms in total. The molecule has 0 heterocycles. The number of hydrogen-bond donors (Lipinski definition) is 2. The van der Waals surface area contributed by atoms with Crippen LogP contribution in [0.25, 0.3) is 0 Å². The minimum Gasteiger partial charge on any atom is -0.315 e. The van der Waals surface area contributed by atoms with Crippen molar-refractivity contribution in [2.45, 2.75) is 32.7 Å². The van der Waals surface area contributed by atoms with Gasteiger partial charge in [-0.25, -0.2) is 12.8 Å². The van der Waals surface area contributed by atoms with Gasteiger partial charge in [-0.2, -0.15) is 0 Å². The van der Waals surface area contributed by atoms with Gasteiger partial charge in [-0.15, -0.1) is 0 Å². The minimum atomic E-state index is -3.46. The van der Waals surface area contributed by atoms with Gasteiger partial charge in [0.15, 0.2) is 0 Å². The summed E-state index contributed by atoms with van der Waals surface area (Å²) in [4.78, 5) is 0. The van der Waals surface area contributed by atoms with E-state index in [4.69, 9.17) is 11.6 Å². The van der Waals surface area contributed by atoms with E-state index in [2.05, 4.69) is 10.0 Å². The van der Waals surface area contributed by atoms with Crippen LogP contribution in [0.4, 0.5) is 10.1 Å². The topological polar surface area (TPSA) is 58.2 Å². The quantitative estimate of drug-likeness (QED) is 0.723. The maximum absolute atomic E-state index is 12.9. The Morgan fingerprint density at radius 1 is 1.30 bits per heavy atom. The first-order valence-corrected chi connectivity index (χ1v) is 8.52. The summed E-state index contributed by atoms with van der Waals surface area (Å²) in [5, 5.41) is 3.27. The Bertz CT molecular complexity index is 535. The fourth-order valence-electron chi connectivity index (χ4n) is 1.60. The summed E-state index contributed by atoms with van der Waals surface area (Å²) < 4.78 is 38.9. The molecule has 0 saturated heterocycles. The molecule has 114 valence electrons. The van der Waals surface area contributed by atoms with E-state index in [0.717, 1.165) is 25.1 Å². The molecule has 0 aliphatic rings. The number of unbranched alkanes of at least 4 members (excludes halogenated alkanes) is 1. The summed E-state index contributed by atoms with van der Waals surface area (Å²) in [5.74, 6) is -0.488. The largest absolute Gasteiger partial charge is 0.315 e. The smallest absolute Gasteiger partial charge is 0.232 e. The Balaban J connectivity index is 2.45. The monoisotopic (exact) mass is 322 g/mol. The van der Waals surface area contributed by atoms with Crippen LogP contribution in [0.3, 0.4) is 0 Å². The molecule has 0 atom stereocenters. The molecule has 0 fully saturated rings. The Labute approximate surface area is 124 Å². The number of halogens is 2. The fraction of sp³-hybridized carbons (Fsp3) is 0.538. The van der Waals surface area contributed by atoms with E-state index in [1.165, 1.54) is 6.07 Å². The fourth-order valence-corrected chi connectivity index (χ4v) is 3.07. The van der Waals surface area contributed by atoms with Gasteiger partial charge in [0.05, 0.1) is 16.5 Å². The highest BCUT2D eigenvalue weighted by molar-refractivity contribution is 7.92. The second-order valence-electron chi connectivity index (χ2n) is 4.86. The van der Waals surface area contributed by atoms with Gasteiger partial charge in [-0.1, -0.05) is 25.4 Å². The predicted molar refractivity (Wildman–Crippen MR) is 81.2 cm³/mol. The third-order valence-electron chi connectivity index (χ3n) is 2.59. The zero-order chi connectivity index (χ0) is 15.2. The van der Waals surface area contributed by atoms with Crippen LogP contribution < -0.4 is 10.0 Å². The lowest BCUT2D eigenvalue weighted by atomic mass is 10.3. The normalized spacial score (nSPS) is 11.8. The summed E-state index contributed by atoms with van der Waals surface area (Å²) in [6, 6.07) is 3.94. The van der Waals surface area contributed by atoms with Crippen LogP contribution in [0.15, 0.2) is 18.2 Å². The van der Waals surface area contributed by atoms with Crippen molar-refractivity contribution < 1.29 is 12.8 Å². The van der Waals surface area contributed by atoms with E-state index in [9.17, 15) is 12.8 Å². The molecule has 0 aromatic heterocycles. The van der Waals surface area contributed by atoms with E-state index >= 15 is 0 Å². The minimum absolute atomic E-state index is 0.0144. The average Bonchev–Trinajstić information content (AvgIpc) is 2.32. The van der Waals surface area contributed by atoms with Gasteiger partial charge in [-0.05, 0) is 37.6 Å². The van der Waals surface area contributed by atoms with Crippen LogP contribution in [0, 0.1) is 5.82 Å². The predicted octanol–water partition coefficient (Wildman–Crippen LogP) is 3.00. The Morgan fingerprint density at radius 2 is 2.00 bits per heavy atom. The van der Waals surface area contributed by atoms with Crippen molar-refractivity contribution in [1.29, 1.82) is 0 Å². The van der Waals surface area contributed by atoms with Crippen molar-refractivity contribution in [3.8, 4) is 0 Å². The first-order chi connectivity index (χ1) is 9.30. The summed E-state index contributed by atoms with van der Waals surface area (Å²) in [6.07, 6.45) is 1.32. The molecule has 0 spiro atoms. The van der Waals surface area contributed by atoms with Gasteiger partial charge < -0.3 is 5.32 Å². The maximum Gasteiger partial charge on any atom is 0.232 e. The molecule has 0 amide bonds. The lowest BCUT2D eigenvalue weighted by Crippen LogP contribution is -2.24. The Morgan fingerprint density at radius 3 is 2.60 bits per heavy atom. The highest BCUT2D eigenvalue weighted by Gasteiger charge is 2.12. The third-order valence-corrected chi connectivity index (χ3v) is 4.26. The van der Waals surface area contributed by atoms with Gasteiger partial charge in [-0.3, -0.25) is 4.72 Å². The van der Waals surface area contributed by atoms with Gasteiger partial charge in [0.1, 0.15) is 5.82 Å². The molecule has 1 aromatic rings. The SMILES string of the molecule is CC(C)NCCCCS(=O)(=O)Nc1ccc(F)cc1Cl. The zero-order valence-corrected chi connectivity index (χ0v) is 13.2. The van der Waals surface area contributed by atoms with E-state index in [1.54, 1.807) is 0 Å². The van der Waals surface area contributed by atoms with E-state index in [1.807, 2.05) is 13.8 Å². The maximum atomic E-state index is 12.9. The Hall–Kier alpha value is -0.850.